The summed E-state index contributed by atoms with van der Waals surface area (Å²) in [5.41, 5.74) is 3.11. The molecule has 3 aromatic rings. The predicted molar refractivity (Wildman–Crippen MR) is 104 cm³/mol. The first-order valence-electron chi connectivity index (χ1n) is 8.40. The second-order valence-electron chi connectivity index (χ2n) is 5.86. The fourth-order valence-corrected chi connectivity index (χ4v) is 2.75. The van der Waals surface area contributed by atoms with Crippen molar-refractivity contribution in [1.29, 1.82) is 0 Å². The molecular formula is C20H23ClN2O3. The lowest BCUT2D eigenvalue weighted by Gasteiger charge is -2.06. The van der Waals surface area contributed by atoms with Crippen LogP contribution in [0.25, 0.3) is 11.0 Å². The molecule has 0 radical (unpaired) electrons. The van der Waals surface area contributed by atoms with Crippen LogP contribution < -0.4 is 4.74 Å². The summed E-state index contributed by atoms with van der Waals surface area (Å²) in [5.74, 6) is -0.0750. The van der Waals surface area contributed by atoms with Gasteiger partial charge in [0, 0.05) is 22.6 Å². The lowest BCUT2D eigenvalue weighted by molar-refractivity contribution is -0.136. The van der Waals surface area contributed by atoms with Crippen molar-refractivity contribution < 1.29 is 14.6 Å². The van der Waals surface area contributed by atoms with Crippen molar-refractivity contribution >= 4 is 28.6 Å². The standard InChI is InChI=1S/C13H16N2O3.C7H7Cl/c1-3-15-10(4-5-12(16)17)6-9-7-11(18-2)8-14-13(9)15;1-6-2-4-7(8)5-3-6/h6-8H,3-5H2,1-2H3,(H,16,17);2-5H,1H3. The zero-order valence-corrected chi connectivity index (χ0v) is 16.0. The number of carboxylic acids is 1. The van der Waals surface area contributed by atoms with Crippen LogP contribution in [0, 0.1) is 6.92 Å². The molecule has 0 fully saturated rings. The van der Waals surface area contributed by atoms with E-state index in [4.69, 9.17) is 21.4 Å². The summed E-state index contributed by atoms with van der Waals surface area (Å²) in [6.07, 6.45) is 2.32. The summed E-state index contributed by atoms with van der Waals surface area (Å²) in [5, 5.41) is 10.5. The number of aromatic nitrogens is 2. The Labute approximate surface area is 158 Å². The first-order valence-corrected chi connectivity index (χ1v) is 8.78. The average molecular weight is 375 g/mol. The first kappa shape index (κ1) is 19.8. The Bertz CT molecular complexity index is 852. The molecule has 0 spiro atoms. The minimum atomic E-state index is -0.784. The van der Waals surface area contributed by atoms with E-state index in [0.717, 1.165) is 28.3 Å². The summed E-state index contributed by atoms with van der Waals surface area (Å²) in [4.78, 5) is 15.0. The third kappa shape index (κ3) is 5.23. The van der Waals surface area contributed by atoms with Gasteiger partial charge in [-0.15, -0.1) is 0 Å². The summed E-state index contributed by atoms with van der Waals surface area (Å²) in [6, 6.07) is 11.6. The van der Waals surface area contributed by atoms with Crippen LogP contribution in [0.2, 0.25) is 5.02 Å². The maximum absolute atomic E-state index is 10.6. The van der Waals surface area contributed by atoms with Crippen molar-refractivity contribution in [3.63, 3.8) is 0 Å². The number of carboxylic acid groups (broad SMARTS) is 1. The van der Waals surface area contributed by atoms with Crippen LogP contribution in [-0.2, 0) is 17.8 Å². The van der Waals surface area contributed by atoms with Crippen LogP contribution in [0.4, 0.5) is 0 Å². The first-order chi connectivity index (χ1) is 12.4. The average Bonchev–Trinajstić information content (AvgIpc) is 2.99. The number of ether oxygens (including phenoxy) is 1. The van der Waals surface area contributed by atoms with E-state index in [1.54, 1.807) is 13.3 Å². The van der Waals surface area contributed by atoms with Crippen LogP contribution in [0.15, 0.2) is 42.6 Å². The third-order valence-electron chi connectivity index (χ3n) is 3.95. The Morgan fingerprint density at radius 1 is 1.27 bits per heavy atom. The van der Waals surface area contributed by atoms with E-state index in [2.05, 4.69) is 4.98 Å². The van der Waals surface area contributed by atoms with Crippen LogP contribution in [0.1, 0.15) is 24.6 Å². The number of halogens is 1. The van der Waals surface area contributed by atoms with E-state index < -0.39 is 5.97 Å². The Morgan fingerprint density at radius 2 is 1.96 bits per heavy atom. The van der Waals surface area contributed by atoms with Gasteiger partial charge in [-0.05, 0) is 44.5 Å². The molecule has 0 saturated heterocycles. The zero-order chi connectivity index (χ0) is 19.1. The molecule has 0 aliphatic carbocycles. The molecule has 0 unspecified atom stereocenters. The van der Waals surface area contributed by atoms with Gasteiger partial charge in [0.1, 0.15) is 11.4 Å². The zero-order valence-electron chi connectivity index (χ0n) is 15.2. The lowest BCUT2D eigenvalue weighted by atomic mass is 10.2. The molecule has 0 amide bonds. The molecule has 0 aliphatic rings. The molecule has 1 aromatic carbocycles. The van der Waals surface area contributed by atoms with E-state index >= 15 is 0 Å². The highest BCUT2D eigenvalue weighted by atomic mass is 35.5. The van der Waals surface area contributed by atoms with Crippen molar-refractivity contribution in [3.8, 4) is 5.75 Å². The topological polar surface area (TPSA) is 64.4 Å². The summed E-state index contributed by atoms with van der Waals surface area (Å²) in [6.45, 7) is 4.84. The van der Waals surface area contributed by atoms with Gasteiger partial charge in [-0.2, -0.15) is 0 Å². The lowest BCUT2D eigenvalue weighted by Crippen LogP contribution is -2.04. The molecule has 0 atom stereocenters. The molecule has 2 heterocycles. The minimum Gasteiger partial charge on any atom is -0.495 e. The Morgan fingerprint density at radius 3 is 2.50 bits per heavy atom. The summed E-state index contributed by atoms with van der Waals surface area (Å²) >= 11 is 5.61. The molecule has 0 bridgehead atoms. The van der Waals surface area contributed by atoms with Gasteiger partial charge in [0.15, 0.2) is 0 Å². The fourth-order valence-electron chi connectivity index (χ4n) is 2.62. The minimum absolute atomic E-state index is 0.132. The van der Waals surface area contributed by atoms with Crippen LogP contribution in [0.3, 0.4) is 0 Å². The maximum Gasteiger partial charge on any atom is 0.303 e. The molecular weight excluding hydrogens is 352 g/mol. The molecule has 2 aromatic heterocycles. The number of fused-ring (bicyclic) bond motifs is 1. The quantitative estimate of drug-likeness (QED) is 0.701. The highest BCUT2D eigenvalue weighted by Crippen LogP contribution is 2.23. The van der Waals surface area contributed by atoms with Crippen molar-refractivity contribution in [2.45, 2.75) is 33.2 Å². The number of rotatable bonds is 5. The van der Waals surface area contributed by atoms with Crippen LogP contribution in [0.5, 0.6) is 5.75 Å². The van der Waals surface area contributed by atoms with Crippen molar-refractivity contribution in [3.05, 3.63) is 58.9 Å². The Balaban J connectivity index is 0.000000254. The molecule has 0 aliphatic heterocycles. The number of pyridine rings is 1. The molecule has 0 saturated carbocycles. The molecule has 5 nitrogen and oxygen atoms in total. The van der Waals surface area contributed by atoms with Gasteiger partial charge < -0.3 is 14.4 Å². The van der Waals surface area contributed by atoms with Crippen molar-refractivity contribution in [2.24, 2.45) is 0 Å². The second-order valence-corrected chi connectivity index (χ2v) is 6.29. The molecule has 1 N–H and O–H groups in total. The molecule has 3 rings (SSSR count). The Kier molecular flexibility index (Phi) is 7.04. The number of nitrogens with zero attached hydrogens (tertiary/aromatic N) is 2. The van der Waals surface area contributed by atoms with Crippen LogP contribution >= 0.6 is 11.6 Å². The van der Waals surface area contributed by atoms with E-state index in [1.807, 2.05) is 54.8 Å². The largest absolute Gasteiger partial charge is 0.495 e. The van der Waals surface area contributed by atoms with Gasteiger partial charge in [-0.1, -0.05) is 29.3 Å². The second kappa shape index (κ2) is 9.25. The normalized spacial score (nSPS) is 10.3. The number of hydrogen-bond donors (Lipinski definition) is 1. The van der Waals surface area contributed by atoms with Gasteiger partial charge >= 0.3 is 5.97 Å². The van der Waals surface area contributed by atoms with Gasteiger partial charge in [0.2, 0.25) is 0 Å². The van der Waals surface area contributed by atoms with Gasteiger partial charge in [0.25, 0.3) is 0 Å². The third-order valence-corrected chi connectivity index (χ3v) is 4.20. The number of hydrogen-bond acceptors (Lipinski definition) is 3. The highest BCUT2D eigenvalue weighted by Gasteiger charge is 2.10. The van der Waals surface area contributed by atoms with E-state index in [9.17, 15) is 4.79 Å². The number of aliphatic carboxylic acids is 1. The SMILES string of the molecule is CCn1c(CCC(=O)O)cc2cc(OC)cnc21.Cc1ccc(Cl)cc1. The Hall–Kier alpha value is -2.53. The summed E-state index contributed by atoms with van der Waals surface area (Å²) < 4.78 is 7.18. The smallest absolute Gasteiger partial charge is 0.303 e. The van der Waals surface area contributed by atoms with E-state index in [-0.39, 0.29) is 6.42 Å². The summed E-state index contributed by atoms with van der Waals surface area (Å²) in [7, 11) is 1.60. The van der Waals surface area contributed by atoms with Gasteiger partial charge in [0.05, 0.1) is 19.7 Å². The monoisotopic (exact) mass is 374 g/mol. The highest BCUT2D eigenvalue weighted by molar-refractivity contribution is 6.30. The predicted octanol–water partition coefficient (Wildman–Crippen LogP) is 4.73. The van der Waals surface area contributed by atoms with Crippen LogP contribution in [-0.4, -0.2) is 27.7 Å². The molecule has 6 heteroatoms. The number of methoxy groups -OCH3 is 1. The van der Waals surface area contributed by atoms with E-state index in [0.29, 0.717) is 12.2 Å². The van der Waals surface area contributed by atoms with Crippen molar-refractivity contribution in [1.82, 2.24) is 9.55 Å². The number of benzene rings is 1. The van der Waals surface area contributed by atoms with Gasteiger partial charge in [-0.3, -0.25) is 4.79 Å². The molecule has 26 heavy (non-hydrogen) atoms. The molecule has 138 valence electrons. The number of aryl methyl sites for hydroxylation is 3. The maximum atomic E-state index is 10.6. The number of carbonyl (C=O) groups is 1. The van der Waals surface area contributed by atoms with Crippen molar-refractivity contribution in [2.75, 3.05) is 7.11 Å². The van der Waals surface area contributed by atoms with E-state index in [1.165, 1.54) is 5.56 Å². The van der Waals surface area contributed by atoms with Gasteiger partial charge in [-0.25, -0.2) is 4.98 Å². The fraction of sp³-hybridized carbons (Fsp3) is 0.300.